The van der Waals surface area contributed by atoms with Crippen molar-refractivity contribution < 1.29 is 9.59 Å². The zero-order valence-corrected chi connectivity index (χ0v) is 13.9. The van der Waals surface area contributed by atoms with Gasteiger partial charge in [0.05, 0.1) is 0 Å². The molecule has 3 heteroatoms. The maximum Gasteiger partial charge on any atom is 0.227 e. The summed E-state index contributed by atoms with van der Waals surface area (Å²) in [6, 6.07) is 10.2. The lowest BCUT2D eigenvalue weighted by Crippen LogP contribution is -2.26. The van der Waals surface area contributed by atoms with E-state index >= 15 is 0 Å². The van der Waals surface area contributed by atoms with Gasteiger partial charge in [0, 0.05) is 23.6 Å². The molecule has 0 radical (unpaired) electrons. The van der Waals surface area contributed by atoms with E-state index in [4.69, 9.17) is 0 Å². The molecule has 0 saturated heterocycles. The molecule has 0 heterocycles. The van der Waals surface area contributed by atoms with Gasteiger partial charge in [-0.2, -0.15) is 0 Å². The first-order chi connectivity index (χ1) is 10.9. The van der Waals surface area contributed by atoms with Gasteiger partial charge in [0.1, 0.15) is 0 Å². The summed E-state index contributed by atoms with van der Waals surface area (Å²) < 4.78 is 0. The Bertz CT molecular complexity index is 716. The SMILES string of the molecule is CC(NC(=O)[C@@H]1C[C@@H]1c1ccccc1)=C1C(=O)C[C@@H]2[C@H]1C2(C)C. The standard InChI is InChI=1S/C20H23NO2/c1-11(17-16(22)10-15-18(17)20(15,2)3)21-19(23)14-9-13(14)12-7-5-4-6-8-12/h4-8,13-15,18H,9-10H2,1-3H3,(H,21,23)/t13-,14-,15-,18-/m1/s1. The van der Waals surface area contributed by atoms with Crippen LogP contribution in [0.3, 0.4) is 0 Å². The highest BCUT2D eigenvalue weighted by Gasteiger charge is 2.65. The number of hydrogen-bond donors (Lipinski definition) is 1. The first kappa shape index (κ1) is 14.7. The van der Waals surface area contributed by atoms with E-state index in [2.05, 4.69) is 31.3 Å². The molecule has 3 saturated carbocycles. The average Bonchev–Trinajstić information content (AvgIpc) is 3.36. The van der Waals surface area contributed by atoms with Gasteiger partial charge < -0.3 is 5.32 Å². The highest BCUT2D eigenvalue weighted by atomic mass is 16.2. The van der Waals surface area contributed by atoms with Crippen LogP contribution in [0.2, 0.25) is 0 Å². The summed E-state index contributed by atoms with van der Waals surface area (Å²) in [6.45, 7) is 6.33. The van der Waals surface area contributed by atoms with Crippen LogP contribution in [0.1, 0.15) is 45.1 Å². The van der Waals surface area contributed by atoms with Gasteiger partial charge in [-0.1, -0.05) is 44.2 Å². The number of hydrogen-bond acceptors (Lipinski definition) is 2. The van der Waals surface area contributed by atoms with Crippen LogP contribution in [0, 0.1) is 23.2 Å². The van der Waals surface area contributed by atoms with Gasteiger partial charge in [-0.25, -0.2) is 0 Å². The van der Waals surface area contributed by atoms with E-state index in [1.165, 1.54) is 5.56 Å². The monoisotopic (exact) mass is 309 g/mol. The van der Waals surface area contributed by atoms with Crippen molar-refractivity contribution in [1.29, 1.82) is 0 Å². The van der Waals surface area contributed by atoms with Gasteiger partial charge in [-0.3, -0.25) is 9.59 Å². The molecular formula is C20H23NO2. The molecule has 4 atom stereocenters. The minimum atomic E-state index is 0.0486. The van der Waals surface area contributed by atoms with Crippen LogP contribution in [0.15, 0.2) is 41.6 Å². The molecule has 3 aliphatic rings. The molecular weight excluding hydrogens is 286 g/mol. The molecule has 1 N–H and O–H groups in total. The zero-order valence-electron chi connectivity index (χ0n) is 13.9. The van der Waals surface area contributed by atoms with Crippen molar-refractivity contribution in [1.82, 2.24) is 5.32 Å². The number of amides is 1. The Morgan fingerprint density at radius 2 is 1.91 bits per heavy atom. The topological polar surface area (TPSA) is 46.2 Å². The van der Waals surface area contributed by atoms with Crippen LogP contribution in [0.5, 0.6) is 0 Å². The third kappa shape index (κ3) is 2.25. The quantitative estimate of drug-likeness (QED) is 0.870. The van der Waals surface area contributed by atoms with Gasteiger partial charge in [0.15, 0.2) is 5.78 Å². The molecule has 0 bridgehead atoms. The molecule has 3 fully saturated rings. The molecule has 4 rings (SSSR count). The molecule has 0 aliphatic heterocycles. The van der Waals surface area contributed by atoms with E-state index in [1.807, 2.05) is 25.1 Å². The van der Waals surface area contributed by atoms with Crippen molar-refractivity contribution in [2.24, 2.45) is 23.2 Å². The predicted octanol–water partition coefficient (Wildman–Crippen LogP) is 3.43. The average molecular weight is 309 g/mol. The summed E-state index contributed by atoms with van der Waals surface area (Å²) in [5.74, 6) is 1.51. The number of nitrogens with one attached hydrogen (secondary N) is 1. The summed E-state index contributed by atoms with van der Waals surface area (Å²) in [4.78, 5) is 24.7. The largest absolute Gasteiger partial charge is 0.329 e. The molecule has 1 aromatic rings. The van der Waals surface area contributed by atoms with Crippen LogP contribution in [-0.4, -0.2) is 11.7 Å². The predicted molar refractivity (Wildman–Crippen MR) is 88.5 cm³/mol. The minimum absolute atomic E-state index is 0.0486. The summed E-state index contributed by atoms with van der Waals surface area (Å²) in [7, 11) is 0. The number of rotatable bonds is 3. The molecule has 3 nitrogen and oxygen atoms in total. The zero-order chi connectivity index (χ0) is 16.4. The first-order valence-electron chi connectivity index (χ1n) is 8.51. The normalized spacial score (nSPS) is 35.5. The molecule has 0 spiro atoms. The van der Waals surface area contributed by atoms with E-state index in [-0.39, 0.29) is 23.0 Å². The fraction of sp³-hybridized carbons (Fsp3) is 0.500. The number of ketones is 1. The third-order valence-corrected chi connectivity index (χ3v) is 6.14. The summed E-state index contributed by atoms with van der Waals surface area (Å²) >= 11 is 0. The van der Waals surface area contributed by atoms with Crippen LogP contribution >= 0.6 is 0 Å². The van der Waals surface area contributed by atoms with Gasteiger partial charge in [0.2, 0.25) is 5.91 Å². The highest BCUT2D eigenvalue weighted by molar-refractivity contribution is 6.02. The van der Waals surface area contributed by atoms with Crippen molar-refractivity contribution in [2.45, 2.75) is 39.5 Å². The van der Waals surface area contributed by atoms with Gasteiger partial charge in [-0.05, 0) is 42.1 Å². The molecule has 0 unspecified atom stereocenters. The number of carbonyl (C=O) groups is 2. The first-order valence-corrected chi connectivity index (χ1v) is 8.51. The second kappa shape index (κ2) is 4.80. The third-order valence-electron chi connectivity index (χ3n) is 6.14. The number of carbonyl (C=O) groups excluding carboxylic acids is 2. The van der Waals surface area contributed by atoms with Crippen molar-refractivity contribution in [3.05, 3.63) is 47.2 Å². The molecule has 0 aromatic heterocycles. The van der Waals surface area contributed by atoms with Gasteiger partial charge >= 0.3 is 0 Å². The smallest absolute Gasteiger partial charge is 0.227 e. The van der Waals surface area contributed by atoms with Crippen molar-refractivity contribution in [2.75, 3.05) is 0 Å². The van der Waals surface area contributed by atoms with Gasteiger partial charge in [0.25, 0.3) is 0 Å². The molecule has 1 aromatic carbocycles. The summed E-state index contributed by atoms with van der Waals surface area (Å²) in [6.07, 6.45) is 1.56. The summed E-state index contributed by atoms with van der Waals surface area (Å²) in [5.41, 5.74) is 3.13. The molecule has 1 amide bonds. The van der Waals surface area contributed by atoms with Gasteiger partial charge in [-0.15, -0.1) is 0 Å². The van der Waals surface area contributed by atoms with Crippen molar-refractivity contribution >= 4 is 11.7 Å². The molecule has 23 heavy (non-hydrogen) atoms. The highest BCUT2D eigenvalue weighted by Crippen LogP contribution is 2.68. The van der Waals surface area contributed by atoms with Crippen molar-refractivity contribution in [3.8, 4) is 0 Å². The lowest BCUT2D eigenvalue weighted by Gasteiger charge is -2.13. The fourth-order valence-corrected chi connectivity index (χ4v) is 4.52. The number of benzene rings is 1. The maximum absolute atomic E-state index is 12.5. The van der Waals surface area contributed by atoms with Crippen LogP contribution in [-0.2, 0) is 9.59 Å². The molecule has 3 aliphatic carbocycles. The van der Waals surface area contributed by atoms with E-state index in [0.29, 0.717) is 24.2 Å². The van der Waals surface area contributed by atoms with Crippen LogP contribution in [0.25, 0.3) is 0 Å². The Kier molecular flexibility index (Phi) is 3.06. The second-order valence-electron chi connectivity index (χ2n) is 7.92. The van der Waals surface area contributed by atoms with Crippen molar-refractivity contribution in [3.63, 3.8) is 0 Å². The van der Waals surface area contributed by atoms with E-state index in [1.54, 1.807) is 0 Å². The fourth-order valence-electron chi connectivity index (χ4n) is 4.52. The lowest BCUT2D eigenvalue weighted by atomic mass is 9.95. The molecule has 120 valence electrons. The number of Topliss-reactive ketones (excluding diaryl/α,β-unsaturated/α-hetero) is 1. The van der Waals surface area contributed by atoms with E-state index in [0.717, 1.165) is 17.7 Å². The van der Waals surface area contributed by atoms with Crippen LogP contribution in [0.4, 0.5) is 0 Å². The Labute approximate surface area is 137 Å². The minimum Gasteiger partial charge on any atom is -0.329 e. The second-order valence-corrected chi connectivity index (χ2v) is 7.92. The Morgan fingerprint density at radius 3 is 2.57 bits per heavy atom. The van der Waals surface area contributed by atoms with E-state index < -0.39 is 0 Å². The van der Waals surface area contributed by atoms with Crippen LogP contribution < -0.4 is 5.32 Å². The number of fused-ring (bicyclic) bond motifs is 1. The number of allylic oxidation sites excluding steroid dienone is 2. The summed E-state index contributed by atoms with van der Waals surface area (Å²) in [5, 5.41) is 3.03. The lowest BCUT2D eigenvalue weighted by molar-refractivity contribution is -0.121. The Hall–Kier alpha value is -1.90. The maximum atomic E-state index is 12.5. The Morgan fingerprint density at radius 1 is 1.22 bits per heavy atom. The Balaban J connectivity index is 1.46. The van der Waals surface area contributed by atoms with E-state index in [9.17, 15) is 9.59 Å².